The van der Waals surface area contributed by atoms with E-state index in [-0.39, 0.29) is 12.4 Å². The largest absolute Gasteiger partial charge is 0.375 e. The summed E-state index contributed by atoms with van der Waals surface area (Å²) in [6.07, 6.45) is 0. The average molecular weight is 282 g/mol. The van der Waals surface area contributed by atoms with E-state index in [4.69, 9.17) is 28.9 Å². The molecule has 0 aliphatic carbocycles. The Hall–Kier alpha value is -0.480. The van der Waals surface area contributed by atoms with Crippen LogP contribution >= 0.6 is 46.9 Å². The van der Waals surface area contributed by atoms with E-state index >= 15 is 0 Å². The lowest BCUT2D eigenvalue weighted by atomic mass is 10.2. The van der Waals surface area contributed by atoms with E-state index < -0.39 is 0 Å². The third-order valence-electron chi connectivity index (χ3n) is 1.73. The van der Waals surface area contributed by atoms with E-state index in [1.54, 1.807) is 12.1 Å². The Morgan fingerprint density at radius 1 is 1.27 bits per heavy atom. The molecule has 15 heavy (non-hydrogen) atoms. The minimum atomic E-state index is 0. The van der Waals surface area contributed by atoms with Crippen LogP contribution in [0.15, 0.2) is 23.6 Å². The molecule has 0 aliphatic heterocycles. The first kappa shape index (κ1) is 12.6. The monoisotopic (exact) mass is 280 g/mol. The van der Waals surface area contributed by atoms with Crippen molar-refractivity contribution in [3.63, 3.8) is 0 Å². The quantitative estimate of drug-likeness (QED) is 0.854. The van der Waals surface area contributed by atoms with Crippen LogP contribution in [-0.4, -0.2) is 4.98 Å². The van der Waals surface area contributed by atoms with Crippen LogP contribution in [0.3, 0.4) is 0 Å². The third kappa shape index (κ3) is 2.75. The van der Waals surface area contributed by atoms with E-state index in [0.717, 1.165) is 11.3 Å². The highest BCUT2D eigenvalue weighted by atomic mass is 35.5. The fraction of sp³-hybridized carbons (Fsp3) is 0. The standard InChI is InChI=1S/C9H6Cl2N2S.ClH/c10-5-1-2-6(7(11)3-5)8-4-14-9(12)13-8;/h1-4H,(H2,12,13);1H. The zero-order chi connectivity index (χ0) is 10.1. The summed E-state index contributed by atoms with van der Waals surface area (Å²) < 4.78 is 0. The summed E-state index contributed by atoms with van der Waals surface area (Å²) in [6.45, 7) is 0. The third-order valence-corrected chi connectivity index (χ3v) is 2.95. The molecule has 1 aromatic heterocycles. The van der Waals surface area contributed by atoms with Gasteiger partial charge in [0, 0.05) is 16.0 Å². The van der Waals surface area contributed by atoms with Gasteiger partial charge in [-0.15, -0.1) is 23.7 Å². The number of nitrogens with zero attached hydrogens (tertiary/aromatic N) is 1. The Morgan fingerprint density at radius 2 is 2.00 bits per heavy atom. The minimum Gasteiger partial charge on any atom is -0.375 e. The van der Waals surface area contributed by atoms with Gasteiger partial charge in [0.2, 0.25) is 0 Å². The molecule has 1 heterocycles. The van der Waals surface area contributed by atoms with Crippen LogP contribution in [0.5, 0.6) is 0 Å². The molecule has 0 saturated heterocycles. The highest BCUT2D eigenvalue weighted by Gasteiger charge is 2.06. The number of nitrogens with two attached hydrogens (primary N) is 1. The zero-order valence-electron chi connectivity index (χ0n) is 7.41. The molecule has 6 heteroatoms. The normalized spacial score (nSPS) is 9.73. The van der Waals surface area contributed by atoms with Gasteiger partial charge in [-0.25, -0.2) is 4.98 Å². The number of halogens is 3. The molecule has 0 radical (unpaired) electrons. The second-order valence-corrected chi connectivity index (χ2v) is 4.43. The Balaban J connectivity index is 0.00000112. The molecule has 2 aromatic rings. The molecule has 2 nitrogen and oxygen atoms in total. The van der Waals surface area contributed by atoms with Crippen molar-refractivity contribution in [3.05, 3.63) is 33.6 Å². The summed E-state index contributed by atoms with van der Waals surface area (Å²) in [7, 11) is 0. The predicted octanol–water partition coefficient (Wildman–Crippen LogP) is 4.12. The van der Waals surface area contributed by atoms with Gasteiger partial charge in [0.25, 0.3) is 0 Å². The number of hydrogen-bond acceptors (Lipinski definition) is 3. The maximum atomic E-state index is 6.01. The van der Waals surface area contributed by atoms with Crippen molar-refractivity contribution in [1.82, 2.24) is 4.98 Å². The summed E-state index contributed by atoms with van der Waals surface area (Å²) in [5.41, 5.74) is 7.17. The van der Waals surface area contributed by atoms with Gasteiger partial charge in [0.1, 0.15) is 0 Å². The molecule has 80 valence electrons. The molecule has 0 amide bonds. The van der Waals surface area contributed by atoms with Crippen molar-refractivity contribution in [3.8, 4) is 11.3 Å². The minimum absolute atomic E-state index is 0. The Morgan fingerprint density at radius 3 is 2.53 bits per heavy atom. The summed E-state index contributed by atoms with van der Waals surface area (Å²) >= 11 is 13.2. The number of thiazole rings is 1. The first-order valence-electron chi connectivity index (χ1n) is 3.83. The van der Waals surface area contributed by atoms with Crippen LogP contribution in [0.25, 0.3) is 11.3 Å². The van der Waals surface area contributed by atoms with Gasteiger partial charge in [0.15, 0.2) is 5.13 Å². The Kier molecular flexibility index (Phi) is 4.22. The Bertz CT molecular complexity index is 470. The predicted molar refractivity (Wildman–Crippen MR) is 69.2 cm³/mol. The molecular weight excluding hydrogens is 275 g/mol. The van der Waals surface area contributed by atoms with E-state index in [2.05, 4.69) is 4.98 Å². The molecule has 0 atom stereocenters. The highest BCUT2D eigenvalue weighted by Crippen LogP contribution is 2.31. The number of benzene rings is 1. The lowest BCUT2D eigenvalue weighted by Crippen LogP contribution is -1.83. The van der Waals surface area contributed by atoms with Gasteiger partial charge in [0.05, 0.1) is 10.7 Å². The molecule has 2 rings (SSSR count). The van der Waals surface area contributed by atoms with E-state index in [9.17, 15) is 0 Å². The summed E-state index contributed by atoms with van der Waals surface area (Å²) in [5.74, 6) is 0. The number of hydrogen-bond donors (Lipinski definition) is 1. The molecule has 0 spiro atoms. The smallest absolute Gasteiger partial charge is 0.180 e. The van der Waals surface area contributed by atoms with Crippen LogP contribution in [0.2, 0.25) is 10.0 Å². The number of rotatable bonds is 1. The van der Waals surface area contributed by atoms with Crippen LogP contribution in [0, 0.1) is 0 Å². The molecule has 0 bridgehead atoms. The van der Waals surface area contributed by atoms with E-state index in [0.29, 0.717) is 15.2 Å². The fourth-order valence-corrected chi connectivity index (χ4v) is 2.18. The molecule has 1 aromatic carbocycles. The van der Waals surface area contributed by atoms with Crippen LogP contribution < -0.4 is 5.73 Å². The summed E-state index contributed by atoms with van der Waals surface area (Å²) in [5, 5.41) is 3.60. The van der Waals surface area contributed by atoms with E-state index in [1.807, 2.05) is 11.4 Å². The van der Waals surface area contributed by atoms with Crippen molar-refractivity contribution in [2.24, 2.45) is 0 Å². The molecular formula is C9H7Cl3N2S. The van der Waals surface area contributed by atoms with Crippen molar-refractivity contribution in [2.45, 2.75) is 0 Å². The van der Waals surface area contributed by atoms with Gasteiger partial charge in [-0.1, -0.05) is 23.2 Å². The number of aromatic nitrogens is 1. The second kappa shape index (κ2) is 5.03. The molecule has 0 saturated carbocycles. The fourth-order valence-electron chi connectivity index (χ4n) is 1.11. The average Bonchev–Trinajstić information content (AvgIpc) is 2.51. The summed E-state index contributed by atoms with van der Waals surface area (Å²) in [4.78, 5) is 4.14. The van der Waals surface area contributed by atoms with E-state index in [1.165, 1.54) is 11.3 Å². The molecule has 0 fully saturated rings. The number of nitrogen functional groups attached to an aromatic ring is 1. The van der Waals surface area contributed by atoms with Crippen molar-refractivity contribution in [1.29, 1.82) is 0 Å². The maximum Gasteiger partial charge on any atom is 0.180 e. The molecule has 0 unspecified atom stereocenters. The molecule has 0 aliphatic rings. The van der Waals surface area contributed by atoms with Crippen molar-refractivity contribution in [2.75, 3.05) is 5.73 Å². The van der Waals surface area contributed by atoms with Crippen LogP contribution in [0.4, 0.5) is 5.13 Å². The first-order chi connectivity index (χ1) is 6.66. The summed E-state index contributed by atoms with van der Waals surface area (Å²) in [6, 6.07) is 5.30. The van der Waals surface area contributed by atoms with Gasteiger partial charge >= 0.3 is 0 Å². The molecule has 2 N–H and O–H groups in total. The Labute approximate surface area is 107 Å². The van der Waals surface area contributed by atoms with Crippen LogP contribution in [0.1, 0.15) is 0 Å². The van der Waals surface area contributed by atoms with Gasteiger partial charge in [-0.3, -0.25) is 0 Å². The number of anilines is 1. The SMILES string of the molecule is Cl.Nc1nc(-c2ccc(Cl)cc2Cl)cs1. The van der Waals surface area contributed by atoms with Gasteiger partial charge < -0.3 is 5.73 Å². The second-order valence-electron chi connectivity index (χ2n) is 2.70. The lowest BCUT2D eigenvalue weighted by molar-refractivity contribution is 1.41. The van der Waals surface area contributed by atoms with Gasteiger partial charge in [-0.2, -0.15) is 0 Å². The van der Waals surface area contributed by atoms with Gasteiger partial charge in [-0.05, 0) is 18.2 Å². The van der Waals surface area contributed by atoms with Crippen molar-refractivity contribution < 1.29 is 0 Å². The highest BCUT2D eigenvalue weighted by molar-refractivity contribution is 7.13. The lowest BCUT2D eigenvalue weighted by Gasteiger charge is -2.00. The first-order valence-corrected chi connectivity index (χ1v) is 5.47. The van der Waals surface area contributed by atoms with Crippen molar-refractivity contribution >= 4 is 52.1 Å². The topological polar surface area (TPSA) is 38.9 Å². The zero-order valence-corrected chi connectivity index (χ0v) is 10.6. The maximum absolute atomic E-state index is 6.01. The van der Waals surface area contributed by atoms with Crippen LogP contribution in [-0.2, 0) is 0 Å².